The summed E-state index contributed by atoms with van der Waals surface area (Å²) in [6.07, 6.45) is 1.60. The van der Waals surface area contributed by atoms with E-state index in [4.69, 9.17) is 12.6 Å². The first-order chi connectivity index (χ1) is 9.49. The Bertz CT molecular complexity index is 529. The molecule has 0 bridgehead atoms. The highest BCUT2D eigenvalue weighted by atomic mass is 32.1. The van der Waals surface area contributed by atoms with Gasteiger partial charge in [-0.25, -0.2) is 4.99 Å². The Balaban J connectivity index is 2.57. The zero-order valence-corrected chi connectivity index (χ0v) is 12.0. The maximum Gasteiger partial charge on any atom is 0.303 e. The van der Waals surface area contributed by atoms with Crippen molar-refractivity contribution in [3.05, 3.63) is 35.9 Å². The second-order valence-electron chi connectivity index (χ2n) is 3.75. The molecular formula is C13H14N3O3S-. The predicted molar refractivity (Wildman–Crippen MR) is 78.2 cm³/mol. The monoisotopic (exact) mass is 292 g/mol. The number of hydrogen-bond acceptors (Lipinski definition) is 5. The van der Waals surface area contributed by atoms with Gasteiger partial charge in [0.2, 0.25) is 0 Å². The third-order valence-electron chi connectivity index (χ3n) is 2.08. The van der Waals surface area contributed by atoms with Gasteiger partial charge in [0, 0.05) is 19.1 Å². The first-order valence-electron chi connectivity index (χ1n) is 5.73. The van der Waals surface area contributed by atoms with Gasteiger partial charge in [-0.2, -0.15) is 5.10 Å². The summed E-state index contributed by atoms with van der Waals surface area (Å²) in [6, 6.07) is 9.42. The smallest absolute Gasteiger partial charge is 0.303 e. The summed E-state index contributed by atoms with van der Waals surface area (Å²) in [5, 5.41) is 5.34. The van der Waals surface area contributed by atoms with Crippen LogP contribution in [-0.4, -0.2) is 41.9 Å². The van der Waals surface area contributed by atoms with Gasteiger partial charge in [0.05, 0.1) is 6.21 Å². The van der Waals surface area contributed by atoms with Crippen LogP contribution in [-0.2, 0) is 27.0 Å². The average Bonchev–Trinajstić information content (AvgIpc) is 2.43. The van der Waals surface area contributed by atoms with Gasteiger partial charge in [0.25, 0.3) is 5.91 Å². The summed E-state index contributed by atoms with van der Waals surface area (Å²) in [5.41, 5.74) is 0.897. The van der Waals surface area contributed by atoms with Crippen molar-refractivity contribution in [3.63, 3.8) is 0 Å². The lowest BCUT2D eigenvalue weighted by molar-refractivity contribution is -0.145. The maximum absolute atomic E-state index is 11.3. The highest BCUT2D eigenvalue weighted by Crippen LogP contribution is 1.96. The molecule has 0 saturated heterocycles. The molecule has 0 fully saturated rings. The summed E-state index contributed by atoms with van der Waals surface area (Å²) < 4.78 is 4.51. The lowest BCUT2D eigenvalue weighted by Crippen LogP contribution is -2.21. The number of esters is 1. The average molecular weight is 292 g/mol. The van der Waals surface area contributed by atoms with Crippen molar-refractivity contribution < 1.29 is 14.3 Å². The molecule has 0 aliphatic rings. The van der Waals surface area contributed by atoms with Crippen molar-refractivity contribution >= 4 is 35.9 Å². The van der Waals surface area contributed by atoms with E-state index in [1.807, 2.05) is 30.3 Å². The molecule has 0 unspecified atom stereocenters. The number of hydrazone groups is 1. The molecule has 0 aliphatic carbocycles. The van der Waals surface area contributed by atoms with E-state index in [2.05, 4.69) is 14.8 Å². The fourth-order valence-corrected chi connectivity index (χ4v) is 1.27. The van der Waals surface area contributed by atoms with Crippen LogP contribution in [0.3, 0.4) is 0 Å². The number of amides is 1. The number of benzene rings is 1. The Morgan fingerprint density at radius 2 is 2.00 bits per heavy atom. The van der Waals surface area contributed by atoms with Gasteiger partial charge < -0.3 is 17.4 Å². The summed E-state index contributed by atoms with van der Waals surface area (Å²) in [7, 11) is 1.57. The van der Waals surface area contributed by atoms with Crippen LogP contribution in [0.4, 0.5) is 0 Å². The van der Waals surface area contributed by atoms with Gasteiger partial charge in [0.1, 0.15) is 0 Å². The first kappa shape index (κ1) is 15.8. The van der Waals surface area contributed by atoms with E-state index in [0.29, 0.717) is 0 Å². The first-order valence-corrected chi connectivity index (χ1v) is 6.14. The number of carbonyl (C=O) groups is 2. The van der Waals surface area contributed by atoms with Crippen molar-refractivity contribution in [2.45, 2.75) is 6.92 Å². The van der Waals surface area contributed by atoms with Gasteiger partial charge >= 0.3 is 5.97 Å². The zero-order valence-electron chi connectivity index (χ0n) is 11.1. The minimum absolute atomic E-state index is 0.00525. The molecule has 1 aromatic rings. The Kier molecular flexibility index (Phi) is 6.31. The fourth-order valence-electron chi connectivity index (χ4n) is 1.12. The second-order valence-corrected chi connectivity index (χ2v) is 4.11. The number of amidine groups is 1. The van der Waals surface area contributed by atoms with Gasteiger partial charge in [-0.1, -0.05) is 30.3 Å². The largest absolute Gasteiger partial charge is 0.740 e. The van der Waals surface area contributed by atoms with E-state index in [9.17, 15) is 9.59 Å². The maximum atomic E-state index is 11.3. The molecule has 0 atom stereocenters. The molecule has 1 rings (SSSR count). The van der Waals surface area contributed by atoms with Gasteiger partial charge in [0.15, 0.2) is 6.61 Å². The highest BCUT2D eigenvalue weighted by Gasteiger charge is 2.02. The molecular weight excluding hydrogens is 278 g/mol. The summed E-state index contributed by atoms with van der Waals surface area (Å²) in [5.74, 6) is -1.18. The molecule has 0 aliphatic heterocycles. The number of rotatable bonds is 4. The summed E-state index contributed by atoms with van der Waals surface area (Å²) in [4.78, 5) is 25.5. The SMILES string of the molecule is CC(=O)OCC(=O)N=C([S-])N(C)N=Cc1ccccc1. The zero-order chi connectivity index (χ0) is 15.0. The van der Waals surface area contributed by atoms with Crippen LogP contribution in [0.1, 0.15) is 12.5 Å². The topological polar surface area (TPSA) is 71.3 Å². The third kappa shape index (κ3) is 6.05. The predicted octanol–water partition coefficient (Wildman–Crippen LogP) is 0.945. The number of ether oxygens (including phenoxy) is 1. The number of hydrogen-bond donors (Lipinski definition) is 0. The molecule has 0 radical (unpaired) electrons. The molecule has 0 N–H and O–H groups in total. The van der Waals surface area contributed by atoms with Gasteiger partial charge in [-0.3, -0.25) is 14.6 Å². The van der Waals surface area contributed by atoms with Crippen LogP contribution < -0.4 is 0 Å². The van der Waals surface area contributed by atoms with Crippen LogP contribution in [0.25, 0.3) is 0 Å². The number of carbonyl (C=O) groups excluding carboxylic acids is 2. The lowest BCUT2D eigenvalue weighted by Gasteiger charge is -2.19. The molecule has 0 saturated carbocycles. The molecule has 1 aromatic carbocycles. The number of aliphatic imine (C=N–C) groups is 1. The van der Waals surface area contributed by atoms with Gasteiger partial charge in [-0.05, 0) is 5.56 Å². The molecule has 106 valence electrons. The standard InChI is InChI=1S/C13H15N3O3S/c1-10(17)19-9-12(18)15-13(20)16(2)14-8-11-6-4-3-5-7-11/h3-8H,9H2,1-2H3,(H,15,18,20)/p-1. The Morgan fingerprint density at radius 1 is 1.35 bits per heavy atom. The van der Waals surface area contributed by atoms with Crippen molar-refractivity contribution in [1.82, 2.24) is 5.01 Å². The molecule has 0 heterocycles. The van der Waals surface area contributed by atoms with E-state index in [0.717, 1.165) is 5.56 Å². The van der Waals surface area contributed by atoms with Crippen molar-refractivity contribution in [3.8, 4) is 0 Å². The van der Waals surface area contributed by atoms with E-state index < -0.39 is 18.5 Å². The minimum atomic E-state index is -0.632. The van der Waals surface area contributed by atoms with Crippen LogP contribution in [0.5, 0.6) is 0 Å². The van der Waals surface area contributed by atoms with E-state index >= 15 is 0 Å². The van der Waals surface area contributed by atoms with E-state index in [1.165, 1.54) is 11.9 Å². The molecule has 6 nitrogen and oxygen atoms in total. The molecule has 20 heavy (non-hydrogen) atoms. The molecule has 0 aromatic heterocycles. The van der Waals surface area contributed by atoms with Crippen molar-refractivity contribution in [2.75, 3.05) is 13.7 Å². The van der Waals surface area contributed by atoms with Crippen LogP contribution in [0.15, 0.2) is 40.4 Å². The Hall–Kier alpha value is -2.28. The third-order valence-corrected chi connectivity index (χ3v) is 2.43. The minimum Gasteiger partial charge on any atom is -0.740 e. The molecule has 7 heteroatoms. The lowest BCUT2D eigenvalue weighted by atomic mass is 10.2. The second kappa shape index (κ2) is 8.00. The van der Waals surface area contributed by atoms with Crippen molar-refractivity contribution in [1.29, 1.82) is 0 Å². The Labute approximate surface area is 122 Å². The quantitative estimate of drug-likeness (QED) is 0.272. The van der Waals surface area contributed by atoms with Gasteiger partial charge in [-0.15, -0.1) is 0 Å². The molecule has 0 spiro atoms. The normalized spacial score (nSPS) is 11.4. The fraction of sp³-hybridized carbons (Fsp3) is 0.231. The highest BCUT2D eigenvalue weighted by molar-refractivity contribution is 7.77. The van der Waals surface area contributed by atoms with E-state index in [-0.39, 0.29) is 5.17 Å². The van der Waals surface area contributed by atoms with Crippen molar-refractivity contribution in [2.24, 2.45) is 10.1 Å². The Morgan fingerprint density at radius 3 is 2.60 bits per heavy atom. The van der Waals surface area contributed by atoms with Crippen LogP contribution >= 0.6 is 0 Å². The summed E-state index contributed by atoms with van der Waals surface area (Å²) in [6.45, 7) is 0.785. The van der Waals surface area contributed by atoms with Crippen LogP contribution in [0, 0.1) is 0 Å². The van der Waals surface area contributed by atoms with E-state index in [1.54, 1.807) is 13.3 Å². The molecule has 1 amide bonds. The summed E-state index contributed by atoms with van der Waals surface area (Å²) >= 11 is 4.93. The van der Waals surface area contributed by atoms with Crippen LogP contribution in [0.2, 0.25) is 0 Å². The number of nitrogens with zero attached hydrogens (tertiary/aromatic N) is 3.